The quantitative estimate of drug-likeness (QED) is 0.462. The minimum absolute atomic E-state index is 0.0505. The van der Waals surface area contributed by atoms with E-state index >= 15 is 0 Å². The number of ether oxygens (including phenoxy) is 1. The van der Waals surface area contributed by atoms with Crippen LogP contribution in [-0.4, -0.2) is 12.1 Å². The normalized spacial score (nSPS) is 22.4. The standard InChI is InChI=1S/C27H30O2/c1-19-16-17-24(27(2,3)21-12-5-4-6-13-21)25(18-19)29-26(28)23-15-9-11-20-10-7-8-14-22(20)23/h4-15,19,24-25H,16-18H2,1-3H3/t19-,24-,25-/m1/s1. The lowest BCUT2D eigenvalue weighted by molar-refractivity contribution is -0.0235. The number of rotatable bonds is 4. The summed E-state index contributed by atoms with van der Waals surface area (Å²) in [6, 6.07) is 24.5. The number of carbonyl (C=O) groups is 1. The van der Waals surface area contributed by atoms with E-state index in [9.17, 15) is 4.79 Å². The van der Waals surface area contributed by atoms with Crippen molar-refractivity contribution < 1.29 is 9.53 Å². The van der Waals surface area contributed by atoms with Crippen LogP contribution >= 0.6 is 0 Å². The summed E-state index contributed by atoms with van der Waals surface area (Å²) < 4.78 is 6.24. The van der Waals surface area contributed by atoms with Gasteiger partial charge in [0.2, 0.25) is 0 Å². The Morgan fingerprint density at radius 1 is 0.897 bits per heavy atom. The Labute approximate surface area is 173 Å². The van der Waals surface area contributed by atoms with Gasteiger partial charge in [-0.2, -0.15) is 0 Å². The van der Waals surface area contributed by atoms with Gasteiger partial charge in [-0.1, -0.05) is 93.9 Å². The Morgan fingerprint density at radius 3 is 2.38 bits per heavy atom. The molecule has 29 heavy (non-hydrogen) atoms. The smallest absolute Gasteiger partial charge is 0.339 e. The minimum Gasteiger partial charge on any atom is -0.458 e. The Morgan fingerprint density at radius 2 is 1.59 bits per heavy atom. The molecule has 0 N–H and O–H groups in total. The molecule has 0 amide bonds. The highest BCUT2D eigenvalue weighted by Crippen LogP contribution is 2.44. The van der Waals surface area contributed by atoms with Crippen LogP contribution in [0.5, 0.6) is 0 Å². The van der Waals surface area contributed by atoms with Crippen LogP contribution in [0.1, 0.15) is 56.0 Å². The summed E-state index contributed by atoms with van der Waals surface area (Å²) in [6.07, 6.45) is 3.12. The number of fused-ring (bicyclic) bond motifs is 1. The Balaban J connectivity index is 1.63. The van der Waals surface area contributed by atoms with Crippen molar-refractivity contribution in [1.29, 1.82) is 0 Å². The van der Waals surface area contributed by atoms with Crippen molar-refractivity contribution in [3.05, 3.63) is 83.9 Å². The van der Waals surface area contributed by atoms with Gasteiger partial charge in [0.25, 0.3) is 0 Å². The molecule has 0 spiro atoms. The van der Waals surface area contributed by atoms with Crippen LogP contribution in [0.3, 0.4) is 0 Å². The average Bonchev–Trinajstić information content (AvgIpc) is 2.74. The van der Waals surface area contributed by atoms with E-state index in [1.807, 2.05) is 42.5 Å². The van der Waals surface area contributed by atoms with Crippen molar-refractivity contribution >= 4 is 16.7 Å². The van der Waals surface area contributed by atoms with Crippen molar-refractivity contribution in [2.45, 2.75) is 51.6 Å². The van der Waals surface area contributed by atoms with Crippen LogP contribution in [0, 0.1) is 11.8 Å². The fourth-order valence-corrected chi connectivity index (χ4v) is 4.97. The maximum atomic E-state index is 13.2. The van der Waals surface area contributed by atoms with Crippen LogP contribution in [0.4, 0.5) is 0 Å². The van der Waals surface area contributed by atoms with Crippen molar-refractivity contribution in [2.24, 2.45) is 11.8 Å². The largest absolute Gasteiger partial charge is 0.458 e. The summed E-state index contributed by atoms with van der Waals surface area (Å²) >= 11 is 0. The summed E-state index contributed by atoms with van der Waals surface area (Å²) in [5.74, 6) is 0.679. The number of hydrogen-bond donors (Lipinski definition) is 0. The molecule has 2 heteroatoms. The predicted molar refractivity (Wildman–Crippen MR) is 119 cm³/mol. The monoisotopic (exact) mass is 386 g/mol. The van der Waals surface area contributed by atoms with Gasteiger partial charge >= 0.3 is 5.97 Å². The molecular weight excluding hydrogens is 356 g/mol. The van der Waals surface area contributed by atoms with E-state index in [0.29, 0.717) is 17.4 Å². The van der Waals surface area contributed by atoms with Gasteiger partial charge in [-0.25, -0.2) is 4.79 Å². The topological polar surface area (TPSA) is 26.3 Å². The van der Waals surface area contributed by atoms with Crippen LogP contribution in [0.15, 0.2) is 72.8 Å². The molecule has 0 saturated heterocycles. The maximum absolute atomic E-state index is 13.2. The first-order valence-corrected chi connectivity index (χ1v) is 10.7. The van der Waals surface area contributed by atoms with Gasteiger partial charge in [0.1, 0.15) is 6.10 Å². The SMILES string of the molecule is C[C@@H]1CC[C@@H](C(C)(C)c2ccccc2)[C@H](OC(=O)c2cccc3ccccc23)C1. The molecule has 3 aromatic carbocycles. The lowest BCUT2D eigenvalue weighted by Gasteiger charge is -2.44. The number of hydrogen-bond acceptors (Lipinski definition) is 2. The van der Waals surface area contributed by atoms with Gasteiger partial charge in [0.15, 0.2) is 0 Å². The number of carbonyl (C=O) groups excluding carboxylic acids is 1. The minimum atomic E-state index is -0.199. The van der Waals surface area contributed by atoms with Gasteiger partial charge in [-0.3, -0.25) is 0 Å². The average molecular weight is 387 g/mol. The van der Waals surface area contributed by atoms with E-state index in [1.165, 1.54) is 12.0 Å². The number of esters is 1. The molecule has 1 saturated carbocycles. The first kappa shape index (κ1) is 19.7. The summed E-state index contributed by atoms with van der Waals surface area (Å²) in [7, 11) is 0. The molecular formula is C27H30O2. The molecule has 1 aliphatic carbocycles. The second kappa shape index (κ2) is 8.02. The van der Waals surface area contributed by atoms with Gasteiger partial charge in [0, 0.05) is 5.92 Å². The Kier molecular flexibility index (Phi) is 5.45. The molecule has 0 heterocycles. The molecule has 3 aromatic rings. The van der Waals surface area contributed by atoms with E-state index in [4.69, 9.17) is 4.74 Å². The van der Waals surface area contributed by atoms with Crippen LogP contribution in [-0.2, 0) is 10.2 Å². The summed E-state index contributed by atoms with van der Waals surface area (Å²) in [6.45, 7) is 6.86. The van der Waals surface area contributed by atoms with Crippen molar-refractivity contribution in [2.75, 3.05) is 0 Å². The van der Waals surface area contributed by atoms with E-state index in [-0.39, 0.29) is 17.5 Å². The highest BCUT2D eigenvalue weighted by atomic mass is 16.5. The molecule has 1 fully saturated rings. The van der Waals surface area contributed by atoms with Crippen molar-refractivity contribution in [3.8, 4) is 0 Å². The molecule has 0 bridgehead atoms. The molecule has 150 valence electrons. The van der Waals surface area contributed by atoms with Gasteiger partial charge in [-0.15, -0.1) is 0 Å². The zero-order valence-corrected chi connectivity index (χ0v) is 17.6. The molecule has 2 nitrogen and oxygen atoms in total. The molecule has 0 unspecified atom stereocenters. The summed E-state index contributed by atoms with van der Waals surface area (Å²) in [5, 5.41) is 2.03. The van der Waals surface area contributed by atoms with E-state index in [1.54, 1.807) is 0 Å². The zero-order chi connectivity index (χ0) is 20.4. The molecule has 0 aliphatic heterocycles. The molecule has 0 aromatic heterocycles. The van der Waals surface area contributed by atoms with Crippen LogP contribution < -0.4 is 0 Å². The number of benzene rings is 3. The van der Waals surface area contributed by atoms with Crippen molar-refractivity contribution in [3.63, 3.8) is 0 Å². The van der Waals surface area contributed by atoms with Crippen molar-refractivity contribution in [1.82, 2.24) is 0 Å². The maximum Gasteiger partial charge on any atom is 0.339 e. The first-order valence-electron chi connectivity index (χ1n) is 10.7. The molecule has 1 aliphatic rings. The lowest BCUT2D eigenvalue weighted by Crippen LogP contribution is -2.43. The molecule has 0 radical (unpaired) electrons. The Hall–Kier alpha value is -2.61. The summed E-state index contributed by atoms with van der Waals surface area (Å²) in [4.78, 5) is 13.2. The fourth-order valence-electron chi connectivity index (χ4n) is 4.97. The lowest BCUT2D eigenvalue weighted by atomic mass is 9.64. The molecule has 3 atom stereocenters. The first-order chi connectivity index (χ1) is 14.0. The van der Waals surface area contributed by atoms with E-state index in [0.717, 1.165) is 23.6 Å². The van der Waals surface area contributed by atoms with E-state index < -0.39 is 0 Å². The highest BCUT2D eigenvalue weighted by molar-refractivity contribution is 6.04. The predicted octanol–water partition coefficient (Wildman–Crippen LogP) is 6.78. The fraction of sp³-hybridized carbons (Fsp3) is 0.370. The molecule has 4 rings (SSSR count). The van der Waals surface area contributed by atoms with Crippen LogP contribution in [0.2, 0.25) is 0 Å². The third-order valence-electron chi connectivity index (χ3n) is 6.77. The second-order valence-electron chi connectivity index (χ2n) is 9.08. The second-order valence-corrected chi connectivity index (χ2v) is 9.08. The van der Waals surface area contributed by atoms with Crippen LogP contribution in [0.25, 0.3) is 10.8 Å². The van der Waals surface area contributed by atoms with Gasteiger partial charge < -0.3 is 4.74 Å². The summed E-state index contributed by atoms with van der Waals surface area (Å²) in [5.41, 5.74) is 1.92. The third-order valence-corrected chi connectivity index (χ3v) is 6.77. The van der Waals surface area contributed by atoms with E-state index in [2.05, 4.69) is 51.1 Å². The Bertz CT molecular complexity index is 984. The van der Waals surface area contributed by atoms with Gasteiger partial charge in [-0.05, 0) is 46.6 Å². The highest BCUT2D eigenvalue weighted by Gasteiger charge is 2.42. The van der Waals surface area contributed by atoms with Gasteiger partial charge in [0.05, 0.1) is 5.56 Å². The third kappa shape index (κ3) is 3.94. The zero-order valence-electron chi connectivity index (χ0n) is 17.6.